The molecule has 0 radical (unpaired) electrons. The minimum atomic E-state index is -0.332. The van der Waals surface area contributed by atoms with E-state index in [1.54, 1.807) is 0 Å². The van der Waals surface area contributed by atoms with E-state index < -0.39 is 0 Å². The molecule has 0 amide bonds. The van der Waals surface area contributed by atoms with Crippen LogP contribution in [0.2, 0.25) is 0 Å². The van der Waals surface area contributed by atoms with Gasteiger partial charge in [-0.05, 0) is 38.5 Å². The zero-order valence-electron chi connectivity index (χ0n) is 16.6. The van der Waals surface area contributed by atoms with Gasteiger partial charge < -0.3 is 9.67 Å². The van der Waals surface area contributed by atoms with Crippen molar-refractivity contribution in [3.8, 4) is 0 Å². The second-order valence-corrected chi connectivity index (χ2v) is 6.57. The molecule has 0 spiro atoms. The Bertz CT molecular complexity index is 1030. The van der Waals surface area contributed by atoms with Gasteiger partial charge in [0.05, 0.1) is 34.9 Å². The molecule has 1 atom stereocenters. The zero-order valence-corrected chi connectivity index (χ0v) is 16.6. The summed E-state index contributed by atoms with van der Waals surface area (Å²) in [6.07, 6.45) is 0.369. The summed E-state index contributed by atoms with van der Waals surface area (Å²) in [5.41, 5.74) is 4.24. The highest BCUT2D eigenvalue weighted by atomic mass is 16.3. The SMILES string of the molecule is CC.Cc1nn(Cc2nc3ccccc3n2CCC(C)O)c2ccccc12. The number of aliphatic hydroxyl groups is 1. The van der Waals surface area contributed by atoms with Crippen molar-refractivity contribution >= 4 is 21.9 Å². The molecule has 0 aliphatic rings. The highest BCUT2D eigenvalue weighted by molar-refractivity contribution is 5.82. The van der Waals surface area contributed by atoms with Crippen molar-refractivity contribution in [1.82, 2.24) is 19.3 Å². The zero-order chi connectivity index (χ0) is 19.4. The van der Waals surface area contributed by atoms with Crippen LogP contribution in [-0.2, 0) is 13.1 Å². The second kappa shape index (κ2) is 8.35. The van der Waals surface area contributed by atoms with Gasteiger partial charge in [-0.2, -0.15) is 5.10 Å². The van der Waals surface area contributed by atoms with E-state index in [1.165, 1.54) is 5.39 Å². The number of aryl methyl sites for hydroxylation is 2. The van der Waals surface area contributed by atoms with E-state index in [1.807, 2.05) is 62.7 Å². The smallest absolute Gasteiger partial charge is 0.131 e. The lowest BCUT2D eigenvalue weighted by molar-refractivity contribution is 0.178. The molecule has 5 heteroatoms. The Morgan fingerprint density at radius 2 is 1.67 bits per heavy atom. The van der Waals surface area contributed by atoms with Crippen LogP contribution in [0.3, 0.4) is 0 Å². The van der Waals surface area contributed by atoms with Crippen molar-refractivity contribution in [2.24, 2.45) is 0 Å². The molecule has 1 unspecified atom stereocenters. The van der Waals surface area contributed by atoms with Gasteiger partial charge >= 0.3 is 0 Å². The van der Waals surface area contributed by atoms with Gasteiger partial charge in [-0.25, -0.2) is 4.98 Å². The van der Waals surface area contributed by atoms with Crippen molar-refractivity contribution < 1.29 is 5.11 Å². The Labute approximate surface area is 160 Å². The minimum Gasteiger partial charge on any atom is -0.393 e. The lowest BCUT2D eigenvalue weighted by Gasteiger charge is -2.11. The number of aromatic nitrogens is 4. The van der Waals surface area contributed by atoms with Gasteiger partial charge in [0.1, 0.15) is 5.82 Å². The molecule has 0 saturated heterocycles. The molecule has 2 aromatic carbocycles. The highest BCUT2D eigenvalue weighted by Crippen LogP contribution is 2.21. The summed E-state index contributed by atoms with van der Waals surface area (Å²) in [7, 11) is 0. The molecule has 142 valence electrons. The van der Waals surface area contributed by atoms with Crippen molar-refractivity contribution in [1.29, 1.82) is 0 Å². The van der Waals surface area contributed by atoms with Crippen LogP contribution >= 0.6 is 0 Å². The van der Waals surface area contributed by atoms with Crippen molar-refractivity contribution in [3.05, 3.63) is 60.0 Å². The van der Waals surface area contributed by atoms with Crippen LogP contribution in [0.25, 0.3) is 21.9 Å². The summed E-state index contributed by atoms with van der Waals surface area (Å²) in [4.78, 5) is 4.82. The van der Waals surface area contributed by atoms with Crippen LogP contribution in [0.15, 0.2) is 48.5 Å². The first-order chi connectivity index (χ1) is 13.1. The average Bonchev–Trinajstić information content (AvgIpc) is 3.19. The standard InChI is InChI=1S/C20H22N4O.C2H6/c1-14(25)11-12-23-19-10-6-4-8-17(19)21-20(23)13-24-18-9-5-3-7-16(18)15(2)22-24;1-2/h3-10,14,25H,11-13H2,1-2H3;1-2H3. The van der Waals surface area contributed by atoms with Gasteiger partial charge in [-0.15, -0.1) is 0 Å². The Hall–Kier alpha value is -2.66. The molecule has 4 rings (SSSR count). The number of benzene rings is 2. The second-order valence-electron chi connectivity index (χ2n) is 6.57. The summed E-state index contributed by atoms with van der Waals surface area (Å²) >= 11 is 0. The summed E-state index contributed by atoms with van der Waals surface area (Å²) in [5, 5.41) is 15.6. The first-order valence-electron chi connectivity index (χ1n) is 9.68. The number of hydrogen-bond acceptors (Lipinski definition) is 3. The molecular formula is C22H28N4O. The van der Waals surface area contributed by atoms with Gasteiger partial charge in [-0.3, -0.25) is 4.68 Å². The number of para-hydroxylation sites is 3. The fourth-order valence-corrected chi connectivity index (χ4v) is 3.36. The van der Waals surface area contributed by atoms with Crippen molar-refractivity contribution in [3.63, 3.8) is 0 Å². The van der Waals surface area contributed by atoms with Crippen LogP contribution in [-0.4, -0.2) is 30.5 Å². The summed E-state index contributed by atoms with van der Waals surface area (Å²) in [6, 6.07) is 16.4. The van der Waals surface area contributed by atoms with Gasteiger partial charge in [-0.1, -0.05) is 44.2 Å². The number of imidazole rings is 1. The Kier molecular flexibility index (Phi) is 5.91. The van der Waals surface area contributed by atoms with Crippen LogP contribution in [0.1, 0.15) is 38.7 Å². The topological polar surface area (TPSA) is 55.9 Å². The van der Waals surface area contributed by atoms with E-state index in [9.17, 15) is 5.11 Å². The molecule has 27 heavy (non-hydrogen) atoms. The van der Waals surface area contributed by atoms with E-state index in [-0.39, 0.29) is 6.10 Å². The molecule has 0 bridgehead atoms. The molecule has 0 fully saturated rings. The third-order valence-corrected chi connectivity index (χ3v) is 4.64. The Morgan fingerprint density at radius 3 is 2.41 bits per heavy atom. The molecule has 2 heterocycles. The first kappa shape index (κ1) is 19.1. The number of fused-ring (bicyclic) bond motifs is 2. The lowest BCUT2D eigenvalue weighted by atomic mass is 10.2. The van der Waals surface area contributed by atoms with E-state index in [0.29, 0.717) is 13.0 Å². The molecule has 2 aromatic heterocycles. The highest BCUT2D eigenvalue weighted by Gasteiger charge is 2.14. The monoisotopic (exact) mass is 364 g/mol. The molecule has 5 nitrogen and oxygen atoms in total. The Balaban J connectivity index is 0.00000102. The fraction of sp³-hybridized carbons (Fsp3) is 0.364. The lowest BCUT2D eigenvalue weighted by Crippen LogP contribution is -2.13. The van der Waals surface area contributed by atoms with Crippen LogP contribution in [0.4, 0.5) is 0 Å². The summed E-state index contributed by atoms with van der Waals surface area (Å²) in [5.74, 6) is 0.968. The average molecular weight is 364 g/mol. The van der Waals surface area contributed by atoms with E-state index in [0.717, 1.165) is 34.6 Å². The summed E-state index contributed by atoms with van der Waals surface area (Å²) < 4.78 is 4.22. The molecule has 0 aliphatic heterocycles. The normalized spacial score (nSPS) is 12.2. The molecule has 0 saturated carbocycles. The maximum atomic E-state index is 9.70. The van der Waals surface area contributed by atoms with Crippen LogP contribution < -0.4 is 0 Å². The van der Waals surface area contributed by atoms with Crippen LogP contribution in [0, 0.1) is 6.92 Å². The quantitative estimate of drug-likeness (QED) is 0.566. The summed E-state index contributed by atoms with van der Waals surface area (Å²) in [6.45, 7) is 9.22. The fourth-order valence-electron chi connectivity index (χ4n) is 3.36. The molecule has 4 aromatic rings. The van der Waals surface area contributed by atoms with Gasteiger partial charge in [0.15, 0.2) is 0 Å². The van der Waals surface area contributed by atoms with Gasteiger partial charge in [0.2, 0.25) is 0 Å². The van der Waals surface area contributed by atoms with E-state index in [4.69, 9.17) is 10.1 Å². The number of nitrogens with zero attached hydrogens (tertiary/aromatic N) is 4. The van der Waals surface area contributed by atoms with E-state index >= 15 is 0 Å². The number of rotatable bonds is 5. The largest absolute Gasteiger partial charge is 0.393 e. The number of aliphatic hydroxyl groups excluding tert-OH is 1. The predicted octanol–water partition coefficient (Wildman–Crippen LogP) is 4.54. The predicted molar refractivity (Wildman–Crippen MR) is 111 cm³/mol. The third-order valence-electron chi connectivity index (χ3n) is 4.64. The molecular weight excluding hydrogens is 336 g/mol. The van der Waals surface area contributed by atoms with Gasteiger partial charge in [0, 0.05) is 11.9 Å². The van der Waals surface area contributed by atoms with Crippen molar-refractivity contribution in [2.45, 2.75) is 53.3 Å². The maximum Gasteiger partial charge on any atom is 0.131 e. The molecule has 1 N–H and O–H groups in total. The van der Waals surface area contributed by atoms with Crippen molar-refractivity contribution in [2.75, 3.05) is 0 Å². The van der Waals surface area contributed by atoms with Gasteiger partial charge in [0.25, 0.3) is 0 Å². The third kappa shape index (κ3) is 3.88. The van der Waals surface area contributed by atoms with Crippen LogP contribution in [0.5, 0.6) is 0 Å². The molecule has 0 aliphatic carbocycles. The minimum absolute atomic E-state index is 0.332. The van der Waals surface area contributed by atoms with E-state index in [2.05, 4.69) is 22.8 Å². The number of hydrogen-bond donors (Lipinski definition) is 1. The Morgan fingerprint density at radius 1 is 1.00 bits per heavy atom. The maximum absolute atomic E-state index is 9.70. The first-order valence-corrected chi connectivity index (χ1v) is 9.68.